The number of carbonyl (C=O) groups excluding carboxylic acids is 1. The Hall–Kier alpha value is -3.23. The van der Waals surface area contributed by atoms with E-state index in [9.17, 15) is 10.1 Å². The van der Waals surface area contributed by atoms with Gasteiger partial charge in [-0.25, -0.2) is 4.79 Å². The zero-order valence-corrected chi connectivity index (χ0v) is 15.7. The maximum atomic E-state index is 12.5. The molecule has 1 aliphatic rings. The van der Waals surface area contributed by atoms with Crippen LogP contribution >= 0.6 is 11.6 Å². The fourth-order valence-corrected chi connectivity index (χ4v) is 3.17. The second-order valence-electron chi connectivity index (χ2n) is 6.18. The number of benzene rings is 2. The van der Waals surface area contributed by atoms with Gasteiger partial charge in [0.15, 0.2) is 0 Å². The number of nitriles is 1. The van der Waals surface area contributed by atoms with Gasteiger partial charge in [0.05, 0.1) is 30.2 Å². The van der Waals surface area contributed by atoms with Gasteiger partial charge in [0.2, 0.25) is 0 Å². The summed E-state index contributed by atoms with van der Waals surface area (Å²) >= 11 is 5.98. The van der Waals surface area contributed by atoms with E-state index in [4.69, 9.17) is 22.1 Å². The molecule has 0 bridgehead atoms. The van der Waals surface area contributed by atoms with Crippen molar-refractivity contribution in [3.8, 4) is 6.07 Å². The Morgan fingerprint density at radius 3 is 2.37 bits per heavy atom. The van der Waals surface area contributed by atoms with Crippen molar-refractivity contribution >= 4 is 23.3 Å². The highest BCUT2D eigenvalue weighted by molar-refractivity contribution is 6.30. The number of nitrogens with two attached hydrogens (primary N) is 1. The summed E-state index contributed by atoms with van der Waals surface area (Å²) in [7, 11) is 1.31. The number of methoxy groups -OCH3 is 1. The summed E-state index contributed by atoms with van der Waals surface area (Å²) in [6, 6.07) is 16.8. The number of carbonyl (C=O) groups is 1. The lowest BCUT2D eigenvalue weighted by atomic mass is 9.83. The molecule has 1 aliphatic heterocycles. The molecule has 0 aromatic heterocycles. The third-order valence-corrected chi connectivity index (χ3v) is 4.71. The quantitative estimate of drug-likeness (QED) is 0.815. The summed E-state index contributed by atoms with van der Waals surface area (Å²) in [5, 5.41) is 10.4. The molecular weight excluding hydrogens is 362 g/mol. The first-order valence-electron chi connectivity index (χ1n) is 8.27. The van der Waals surface area contributed by atoms with Crippen LogP contribution in [0.5, 0.6) is 0 Å². The highest BCUT2D eigenvalue weighted by atomic mass is 35.5. The molecule has 3 rings (SSSR count). The Kier molecular flexibility index (Phi) is 5.20. The van der Waals surface area contributed by atoms with Crippen LogP contribution in [0.2, 0.25) is 5.02 Å². The lowest BCUT2D eigenvalue weighted by Crippen LogP contribution is -2.33. The molecule has 0 radical (unpaired) electrons. The van der Waals surface area contributed by atoms with Gasteiger partial charge in [-0.1, -0.05) is 41.4 Å². The van der Waals surface area contributed by atoms with Crippen molar-refractivity contribution in [3.05, 3.63) is 87.8 Å². The van der Waals surface area contributed by atoms with E-state index < -0.39 is 11.9 Å². The Morgan fingerprint density at radius 1 is 1.19 bits per heavy atom. The molecule has 2 N–H and O–H groups in total. The van der Waals surface area contributed by atoms with E-state index in [1.54, 1.807) is 35.4 Å². The standard InChI is InChI=1S/C21H18ClN3O2/c1-13-3-9-16(10-4-13)25-12-18(21(26)27-2)19(17(11-23)20(25)24)14-5-7-15(22)8-6-14/h3-10,12,19H,24H2,1-2H3. The van der Waals surface area contributed by atoms with Crippen LogP contribution in [0.3, 0.4) is 0 Å². The van der Waals surface area contributed by atoms with E-state index in [0.717, 1.165) is 16.8 Å². The minimum atomic E-state index is -0.624. The van der Waals surface area contributed by atoms with Crippen molar-refractivity contribution in [2.75, 3.05) is 12.0 Å². The molecular formula is C21H18ClN3O2. The SMILES string of the molecule is COC(=O)C1=CN(c2ccc(C)cc2)C(N)=C(C#N)C1c1ccc(Cl)cc1. The van der Waals surface area contributed by atoms with E-state index in [-0.39, 0.29) is 11.4 Å². The maximum Gasteiger partial charge on any atom is 0.336 e. The molecule has 5 nitrogen and oxygen atoms in total. The molecule has 1 atom stereocenters. The van der Waals surface area contributed by atoms with Gasteiger partial charge in [0, 0.05) is 16.9 Å². The first-order valence-corrected chi connectivity index (χ1v) is 8.65. The minimum Gasteiger partial charge on any atom is -0.466 e. The number of rotatable bonds is 3. The van der Waals surface area contributed by atoms with Gasteiger partial charge in [-0.15, -0.1) is 0 Å². The number of anilines is 1. The molecule has 0 aliphatic carbocycles. The molecule has 0 saturated carbocycles. The first-order chi connectivity index (χ1) is 13.0. The van der Waals surface area contributed by atoms with Crippen LogP contribution in [0, 0.1) is 18.3 Å². The van der Waals surface area contributed by atoms with Crippen molar-refractivity contribution < 1.29 is 9.53 Å². The molecule has 0 amide bonds. The molecule has 1 unspecified atom stereocenters. The van der Waals surface area contributed by atoms with Crippen molar-refractivity contribution in [2.45, 2.75) is 12.8 Å². The van der Waals surface area contributed by atoms with Crippen molar-refractivity contribution in [1.82, 2.24) is 0 Å². The molecule has 2 aromatic carbocycles. The molecule has 0 fully saturated rings. The highest BCUT2D eigenvalue weighted by Crippen LogP contribution is 2.39. The zero-order valence-electron chi connectivity index (χ0n) is 14.9. The molecule has 136 valence electrons. The third kappa shape index (κ3) is 3.53. The van der Waals surface area contributed by atoms with Crippen LogP contribution in [0.25, 0.3) is 0 Å². The summed E-state index contributed by atoms with van der Waals surface area (Å²) in [5.74, 6) is -0.873. The van der Waals surface area contributed by atoms with Crippen molar-refractivity contribution in [1.29, 1.82) is 5.26 Å². The molecule has 6 heteroatoms. The summed E-state index contributed by atoms with van der Waals surface area (Å²) in [6.45, 7) is 1.98. The van der Waals surface area contributed by atoms with Crippen molar-refractivity contribution in [3.63, 3.8) is 0 Å². The average Bonchev–Trinajstić information content (AvgIpc) is 2.68. The van der Waals surface area contributed by atoms with Gasteiger partial charge in [-0.05, 0) is 36.8 Å². The van der Waals surface area contributed by atoms with E-state index >= 15 is 0 Å². The number of aryl methyl sites for hydroxylation is 1. The normalized spacial score (nSPS) is 16.6. The van der Waals surface area contributed by atoms with Gasteiger partial charge in [-0.2, -0.15) is 5.26 Å². The predicted octanol–water partition coefficient (Wildman–Crippen LogP) is 4.00. The van der Waals surface area contributed by atoms with E-state index in [0.29, 0.717) is 10.6 Å². The number of hydrogen-bond acceptors (Lipinski definition) is 5. The topological polar surface area (TPSA) is 79.3 Å². The number of hydrogen-bond donors (Lipinski definition) is 1. The molecule has 1 heterocycles. The maximum absolute atomic E-state index is 12.5. The fourth-order valence-electron chi connectivity index (χ4n) is 3.05. The second-order valence-corrected chi connectivity index (χ2v) is 6.61. The molecule has 27 heavy (non-hydrogen) atoms. The number of ether oxygens (including phenoxy) is 1. The van der Waals surface area contributed by atoms with E-state index in [2.05, 4.69) is 6.07 Å². The first kappa shape index (κ1) is 18.6. The molecule has 0 saturated heterocycles. The van der Waals surface area contributed by atoms with Crippen molar-refractivity contribution in [2.24, 2.45) is 5.73 Å². The number of esters is 1. The van der Waals surface area contributed by atoms with Gasteiger partial charge in [-0.3, -0.25) is 0 Å². The Morgan fingerprint density at radius 2 is 1.81 bits per heavy atom. The summed E-state index contributed by atoms with van der Waals surface area (Å²) in [4.78, 5) is 14.1. The van der Waals surface area contributed by atoms with Crippen LogP contribution < -0.4 is 10.6 Å². The van der Waals surface area contributed by atoms with Gasteiger partial charge < -0.3 is 15.4 Å². The summed E-state index contributed by atoms with van der Waals surface area (Å²) < 4.78 is 4.96. The van der Waals surface area contributed by atoms with E-state index in [1.165, 1.54) is 7.11 Å². The minimum absolute atomic E-state index is 0.272. The predicted molar refractivity (Wildman–Crippen MR) is 105 cm³/mol. The lowest BCUT2D eigenvalue weighted by molar-refractivity contribution is -0.136. The fraction of sp³-hybridized carbons (Fsp3) is 0.143. The average molecular weight is 380 g/mol. The second kappa shape index (κ2) is 7.56. The zero-order chi connectivity index (χ0) is 19.6. The Bertz CT molecular complexity index is 970. The van der Waals surface area contributed by atoms with Crippen LogP contribution in [0.15, 0.2) is 71.7 Å². The van der Waals surface area contributed by atoms with Gasteiger partial charge in [0.1, 0.15) is 5.82 Å². The summed E-state index contributed by atoms with van der Waals surface area (Å²) in [5.41, 5.74) is 9.51. The molecule has 2 aromatic rings. The van der Waals surface area contributed by atoms with Crippen LogP contribution in [-0.4, -0.2) is 13.1 Å². The lowest BCUT2D eigenvalue weighted by Gasteiger charge is -2.32. The molecule has 0 spiro atoms. The van der Waals surface area contributed by atoms with Gasteiger partial charge >= 0.3 is 5.97 Å². The monoisotopic (exact) mass is 379 g/mol. The number of allylic oxidation sites excluding steroid dienone is 1. The third-order valence-electron chi connectivity index (χ3n) is 4.46. The largest absolute Gasteiger partial charge is 0.466 e. The Balaban J connectivity index is 2.18. The van der Waals surface area contributed by atoms with E-state index in [1.807, 2.05) is 31.2 Å². The van der Waals surface area contributed by atoms with Crippen LogP contribution in [-0.2, 0) is 9.53 Å². The number of halogens is 1. The Labute approximate surface area is 162 Å². The summed E-state index contributed by atoms with van der Waals surface area (Å²) in [6.07, 6.45) is 1.63. The van der Waals surface area contributed by atoms with Gasteiger partial charge in [0.25, 0.3) is 0 Å². The van der Waals surface area contributed by atoms with Crippen LogP contribution in [0.4, 0.5) is 5.69 Å². The smallest absolute Gasteiger partial charge is 0.336 e. The van der Waals surface area contributed by atoms with Crippen LogP contribution in [0.1, 0.15) is 17.0 Å². The number of nitrogens with zero attached hydrogens (tertiary/aromatic N) is 2. The highest BCUT2D eigenvalue weighted by Gasteiger charge is 2.35.